The monoisotopic (exact) mass is 299 g/mol. The molecule has 0 radical (unpaired) electrons. The van der Waals surface area contributed by atoms with Crippen LogP contribution in [0.4, 0.5) is 0 Å². The number of furan rings is 1. The molecule has 0 amide bonds. The number of nitrogens with zero attached hydrogens (tertiary/aromatic N) is 1. The number of hydrogen-bond donors (Lipinski definition) is 0. The molecule has 0 aromatic carbocycles. The molecular formula is C16H10ClNOS. The van der Waals surface area contributed by atoms with Crippen molar-refractivity contribution in [2.45, 2.75) is 11.8 Å². The van der Waals surface area contributed by atoms with Gasteiger partial charge in [-0.3, -0.25) is 4.98 Å². The second-order valence-electron chi connectivity index (χ2n) is 4.70. The van der Waals surface area contributed by atoms with E-state index in [0.29, 0.717) is 5.03 Å². The first-order valence-electron chi connectivity index (χ1n) is 6.25. The van der Waals surface area contributed by atoms with Crippen molar-refractivity contribution in [1.29, 1.82) is 0 Å². The van der Waals surface area contributed by atoms with Crippen LogP contribution in [0.1, 0.15) is 11.3 Å². The van der Waals surface area contributed by atoms with Crippen molar-refractivity contribution in [1.82, 2.24) is 4.98 Å². The van der Waals surface area contributed by atoms with Crippen LogP contribution in [-0.4, -0.2) is 4.98 Å². The summed E-state index contributed by atoms with van der Waals surface area (Å²) in [6.45, 7) is 1.97. The van der Waals surface area contributed by atoms with E-state index >= 15 is 0 Å². The van der Waals surface area contributed by atoms with Gasteiger partial charge in [0.15, 0.2) is 0 Å². The Hall–Kier alpha value is -1.71. The van der Waals surface area contributed by atoms with E-state index in [1.807, 2.05) is 43.5 Å². The van der Waals surface area contributed by atoms with Gasteiger partial charge < -0.3 is 4.42 Å². The molecule has 2 aliphatic rings. The lowest BCUT2D eigenvalue weighted by molar-refractivity contribution is 0.498. The molecule has 20 heavy (non-hydrogen) atoms. The molecular weight excluding hydrogens is 290 g/mol. The van der Waals surface area contributed by atoms with Crippen LogP contribution in [0.2, 0.25) is 0 Å². The van der Waals surface area contributed by atoms with Gasteiger partial charge in [0.25, 0.3) is 0 Å². The number of allylic oxidation sites excluding steroid dienone is 2. The van der Waals surface area contributed by atoms with Crippen molar-refractivity contribution >= 4 is 40.5 Å². The van der Waals surface area contributed by atoms with Crippen molar-refractivity contribution in [2.24, 2.45) is 0 Å². The van der Waals surface area contributed by atoms with E-state index in [0.717, 1.165) is 37.4 Å². The fourth-order valence-corrected chi connectivity index (χ4v) is 3.47. The van der Waals surface area contributed by atoms with Gasteiger partial charge in [-0.15, -0.1) is 0 Å². The number of aromatic nitrogens is 1. The van der Waals surface area contributed by atoms with E-state index in [1.54, 1.807) is 11.8 Å². The summed E-state index contributed by atoms with van der Waals surface area (Å²) in [4.78, 5) is 5.48. The van der Waals surface area contributed by atoms with Gasteiger partial charge in [0.2, 0.25) is 0 Å². The third-order valence-corrected chi connectivity index (χ3v) is 4.66. The first-order chi connectivity index (χ1) is 9.74. The lowest BCUT2D eigenvalue weighted by Gasteiger charge is -1.96. The number of aryl methyl sites for hydroxylation is 1. The fourth-order valence-electron chi connectivity index (χ4n) is 2.45. The van der Waals surface area contributed by atoms with Gasteiger partial charge in [0.05, 0.1) is 9.93 Å². The molecule has 0 bridgehead atoms. The normalized spacial score (nSPS) is 15.2. The second-order valence-corrected chi connectivity index (χ2v) is 6.03. The fraction of sp³-hybridized carbons (Fsp3) is 0.0625. The highest BCUT2D eigenvalue weighted by Crippen LogP contribution is 2.27. The summed E-state index contributed by atoms with van der Waals surface area (Å²) in [6.07, 6.45) is 9.74. The zero-order valence-electron chi connectivity index (χ0n) is 10.7. The first-order valence-corrected chi connectivity index (χ1v) is 7.51. The van der Waals surface area contributed by atoms with Crippen LogP contribution in [0.15, 0.2) is 39.1 Å². The van der Waals surface area contributed by atoms with Crippen molar-refractivity contribution in [3.8, 4) is 0 Å². The van der Waals surface area contributed by atoms with Crippen molar-refractivity contribution < 1.29 is 4.42 Å². The molecule has 0 N–H and O–H groups in total. The van der Waals surface area contributed by atoms with E-state index in [2.05, 4.69) is 10.4 Å². The summed E-state index contributed by atoms with van der Waals surface area (Å²) < 4.78 is 6.06. The summed E-state index contributed by atoms with van der Waals surface area (Å²) in [5.41, 5.74) is 3.82. The number of hydrogen-bond acceptors (Lipinski definition) is 3. The number of thioether (sulfide) groups is 1. The Bertz CT molecular complexity index is 998. The average Bonchev–Trinajstić information content (AvgIpc) is 2.77. The summed E-state index contributed by atoms with van der Waals surface area (Å²) in [7, 11) is 0. The number of rotatable bonds is 0. The standard InChI is InChI=1S/C16H10ClNOS/c1-9-7-11-12(8-18-9)13(17)5-4-10-15(11)19-14-3-2-6-20-16(10)14/h2-8H,1H3. The topological polar surface area (TPSA) is 26.0 Å². The Morgan fingerprint density at radius 1 is 1.25 bits per heavy atom. The van der Waals surface area contributed by atoms with Crippen molar-refractivity contribution in [3.05, 3.63) is 62.3 Å². The van der Waals surface area contributed by atoms with Gasteiger partial charge in [-0.25, -0.2) is 0 Å². The molecule has 2 nitrogen and oxygen atoms in total. The summed E-state index contributed by atoms with van der Waals surface area (Å²) in [6, 6.07) is 2.02. The molecule has 1 aliphatic carbocycles. The van der Waals surface area contributed by atoms with Gasteiger partial charge >= 0.3 is 0 Å². The third-order valence-electron chi connectivity index (χ3n) is 3.38. The van der Waals surface area contributed by atoms with Crippen LogP contribution in [0.25, 0.3) is 17.2 Å². The number of pyridine rings is 1. The minimum absolute atomic E-state index is 0.688. The molecule has 0 saturated heterocycles. The Morgan fingerprint density at radius 3 is 3.05 bits per heavy atom. The largest absolute Gasteiger partial charge is 0.455 e. The van der Waals surface area contributed by atoms with Crippen LogP contribution in [0, 0.1) is 17.6 Å². The van der Waals surface area contributed by atoms with Crippen LogP contribution < -0.4 is 10.6 Å². The Morgan fingerprint density at radius 2 is 2.15 bits per heavy atom. The Labute approximate surface area is 124 Å². The summed E-state index contributed by atoms with van der Waals surface area (Å²) in [5, 5.41) is 4.66. The molecule has 0 saturated carbocycles. The van der Waals surface area contributed by atoms with Gasteiger partial charge in [-0.05, 0) is 36.6 Å². The van der Waals surface area contributed by atoms with Gasteiger partial charge in [0, 0.05) is 27.9 Å². The highest BCUT2D eigenvalue weighted by atomic mass is 35.5. The lowest BCUT2D eigenvalue weighted by atomic mass is 10.2. The van der Waals surface area contributed by atoms with E-state index < -0.39 is 0 Å². The molecule has 2 aromatic rings. The minimum Gasteiger partial charge on any atom is -0.455 e. The first kappa shape index (κ1) is 12.1. The third kappa shape index (κ3) is 1.70. The number of fused-ring (bicyclic) bond motifs is 4. The molecule has 2 aromatic heterocycles. The van der Waals surface area contributed by atoms with Gasteiger partial charge in [-0.1, -0.05) is 29.4 Å². The zero-order valence-corrected chi connectivity index (χ0v) is 12.3. The molecule has 0 fully saturated rings. The summed E-state index contributed by atoms with van der Waals surface area (Å²) in [5.74, 6) is 0. The van der Waals surface area contributed by atoms with E-state index in [4.69, 9.17) is 16.0 Å². The molecule has 0 unspecified atom stereocenters. The quantitative estimate of drug-likeness (QED) is 0.748. The Balaban J connectivity index is 2.33. The lowest BCUT2D eigenvalue weighted by Crippen LogP contribution is -2.07. The van der Waals surface area contributed by atoms with Crippen molar-refractivity contribution in [2.75, 3.05) is 0 Å². The summed E-state index contributed by atoms with van der Waals surface area (Å²) >= 11 is 8.03. The minimum atomic E-state index is 0.688. The predicted octanol–water partition coefficient (Wildman–Crippen LogP) is 3.04. The van der Waals surface area contributed by atoms with Crippen molar-refractivity contribution in [3.63, 3.8) is 0 Å². The van der Waals surface area contributed by atoms with Crippen LogP contribution >= 0.6 is 23.4 Å². The van der Waals surface area contributed by atoms with Crippen LogP contribution in [0.5, 0.6) is 0 Å². The van der Waals surface area contributed by atoms with Gasteiger partial charge in [0.1, 0.15) is 10.8 Å². The Kier molecular flexibility index (Phi) is 2.65. The molecule has 1 aliphatic heterocycles. The SMILES string of the molecule is Cc1cc2c(cn1)=C(Cl)C=Cc1c3c(oc1=2)=CC=CS3. The maximum atomic E-state index is 6.35. The van der Waals surface area contributed by atoms with E-state index in [1.165, 1.54) is 0 Å². The van der Waals surface area contributed by atoms with Crippen LogP contribution in [0.3, 0.4) is 0 Å². The maximum Gasteiger partial charge on any atom is 0.143 e. The molecule has 98 valence electrons. The second kappa shape index (κ2) is 4.40. The molecule has 3 heterocycles. The predicted molar refractivity (Wildman–Crippen MR) is 82.4 cm³/mol. The van der Waals surface area contributed by atoms with E-state index in [9.17, 15) is 0 Å². The molecule has 0 atom stereocenters. The van der Waals surface area contributed by atoms with E-state index in [-0.39, 0.29) is 0 Å². The maximum absolute atomic E-state index is 6.35. The average molecular weight is 300 g/mol. The molecule has 4 heteroatoms. The highest BCUT2D eigenvalue weighted by Gasteiger charge is 2.14. The smallest absolute Gasteiger partial charge is 0.143 e. The van der Waals surface area contributed by atoms with Crippen LogP contribution in [-0.2, 0) is 0 Å². The van der Waals surface area contributed by atoms with Gasteiger partial charge in [-0.2, -0.15) is 0 Å². The molecule has 4 rings (SSSR count). The zero-order chi connectivity index (χ0) is 13.7. The highest BCUT2D eigenvalue weighted by molar-refractivity contribution is 8.02. The molecule has 0 spiro atoms. The number of halogens is 1.